The first-order chi connectivity index (χ1) is 16.8. The lowest BCUT2D eigenvalue weighted by atomic mass is 9.99. The highest BCUT2D eigenvalue weighted by Crippen LogP contribution is 2.32. The summed E-state index contributed by atoms with van der Waals surface area (Å²) in [5.74, 6) is 2.18. The summed E-state index contributed by atoms with van der Waals surface area (Å²) in [6, 6.07) is 10.1. The number of carbonyl (C=O) groups excluding carboxylic acids is 1. The van der Waals surface area contributed by atoms with Crippen molar-refractivity contribution in [3.8, 4) is 11.1 Å². The highest BCUT2D eigenvalue weighted by atomic mass is 16.5. The largest absolute Gasteiger partial charge is 0.394 e. The zero-order valence-electron chi connectivity index (χ0n) is 21.4. The molecular formula is C27H39N5O3. The smallest absolute Gasteiger partial charge is 0.321 e. The molecule has 0 aliphatic carbocycles. The SMILES string of the molecule is CC[C@@H]1CCN(C(=O)Nc2ccc(C)c(-c3cc(NC(C)(C)CO)nc(N4CCOCC4)c3)c2)C1. The van der Waals surface area contributed by atoms with Crippen molar-refractivity contribution >= 4 is 23.4 Å². The quantitative estimate of drug-likeness (QED) is 0.545. The van der Waals surface area contributed by atoms with E-state index in [9.17, 15) is 9.90 Å². The van der Waals surface area contributed by atoms with Crippen LogP contribution in [0.3, 0.4) is 0 Å². The maximum Gasteiger partial charge on any atom is 0.321 e. The summed E-state index contributed by atoms with van der Waals surface area (Å²) in [7, 11) is 0. The fourth-order valence-electron chi connectivity index (χ4n) is 4.64. The number of morpholine rings is 1. The topological polar surface area (TPSA) is 90.0 Å². The van der Waals surface area contributed by atoms with Gasteiger partial charge in [-0.15, -0.1) is 0 Å². The van der Waals surface area contributed by atoms with Gasteiger partial charge in [-0.05, 0) is 74.1 Å². The van der Waals surface area contributed by atoms with Crippen LogP contribution >= 0.6 is 0 Å². The number of aliphatic hydroxyl groups is 1. The number of anilines is 3. The van der Waals surface area contributed by atoms with Crippen molar-refractivity contribution in [3.05, 3.63) is 35.9 Å². The molecule has 0 radical (unpaired) electrons. The van der Waals surface area contributed by atoms with E-state index in [2.05, 4.69) is 35.4 Å². The van der Waals surface area contributed by atoms with E-state index in [0.717, 1.165) is 67.2 Å². The fraction of sp³-hybridized carbons (Fsp3) is 0.556. The Bertz CT molecular complexity index is 1040. The van der Waals surface area contributed by atoms with Crippen LogP contribution < -0.4 is 15.5 Å². The molecule has 2 aromatic rings. The molecule has 2 amide bonds. The molecule has 0 saturated carbocycles. The summed E-state index contributed by atoms with van der Waals surface area (Å²) in [6.07, 6.45) is 2.18. The lowest BCUT2D eigenvalue weighted by Gasteiger charge is -2.30. The van der Waals surface area contributed by atoms with Crippen molar-refractivity contribution in [2.24, 2.45) is 5.92 Å². The van der Waals surface area contributed by atoms with E-state index in [4.69, 9.17) is 9.72 Å². The van der Waals surface area contributed by atoms with Crippen molar-refractivity contribution in [2.75, 3.05) is 61.5 Å². The Hall–Kier alpha value is -2.84. The summed E-state index contributed by atoms with van der Waals surface area (Å²) in [4.78, 5) is 21.9. The predicted octanol–water partition coefficient (Wildman–Crippen LogP) is 4.34. The molecule has 0 unspecified atom stereocenters. The molecule has 2 fully saturated rings. The molecule has 0 bridgehead atoms. The molecule has 3 heterocycles. The van der Waals surface area contributed by atoms with E-state index in [1.165, 1.54) is 0 Å². The van der Waals surface area contributed by atoms with Crippen LogP contribution in [-0.2, 0) is 4.74 Å². The van der Waals surface area contributed by atoms with Gasteiger partial charge >= 0.3 is 6.03 Å². The van der Waals surface area contributed by atoms with E-state index in [-0.39, 0.29) is 12.6 Å². The molecule has 190 valence electrons. The van der Waals surface area contributed by atoms with Crippen LogP contribution in [-0.4, -0.2) is 72.6 Å². The van der Waals surface area contributed by atoms with Crippen molar-refractivity contribution in [1.29, 1.82) is 0 Å². The number of pyridine rings is 1. The molecule has 3 N–H and O–H groups in total. The van der Waals surface area contributed by atoms with Crippen molar-refractivity contribution in [2.45, 2.75) is 46.1 Å². The highest BCUT2D eigenvalue weighted by Gasteiger charge is 2.25. The lowest BCUT2D eigenvalue weighted by Crippen LogP contribution is -2.38. The van der Waals surface area contributed by atoms with Crippen LogP contribution in [0, 0.1) is 12.8 Å². The molecule has 2 saturated heterocycles. The molecule has 35 heavy (non-hydrogen) atoms. The third-order valence-corrected chi connectivity index (χ3v) is 6.96. The van der Waals surface area contributed by atoms with Crippen LogP contribution in [0.2, 0.25) is 0 Å². The van der Waals surface area contributed by atoms with Gasteiger partial charge in [0.15, 0.2) is 0 Å². The fourth-order valence-corrected chi connectivity index (χ4v) is 4.64. The zero-order chi connectivity index (χ0) is 25.0. The monoisotopic (exact) mass is 481 g/mol. The molecule has 1 atom stereocenters. The normalized spacial score (nSPS) is 18.6. The molecule has 0 spiro atoms. The molecule has 2 aliphatic heterocycles. The number of aryl methyl sites for hydroxylation is 1. The summed E-state index contributed by atoms with van der Waals surface area (Å²) < 4.78 is 5.53. The third kappa shape index (κ3) is 6.24. The Morgan fingerprint density at radius 3 is 2.66 bits per heavy atom. The number of hydrogen-bond acceptors (Lipinski definition) is 6. The molecule has 2 aliphatic rings. The van der Waals surface area contributed by atoms with Crippen molar-refractivity contribution in [1.82, 2.24) is 9.88 Å². The lowest BCUT2D eigenvalue weighted by molar-refractivity contribution is 0.122. The molecular weight excluding hydrogens is 442 g/mol. The van der Waals surface area contributed by atoms with Crippen LogP contribution in [0.15, 0.2) is 30.3 Å². The first-order valence-corrected chi connectivity index (χ1v) is 12.7. The Morgan fingerprint density at radius 1 is 1.20 bits per heavy atom. The van der Waals surface area contributed by atoms with Crippen LogP contribution in [0.1, 0.15) is 39.2 Å². The minimum Gasteiger partial charge on any atom is -0.394 e. The standard InChI is InChI=1S/C27H39N5O3/c1-5-20-8-9-32(17-20)26(34)28-22-7-6-19(2)23(16-22)21-14-24(30-27(3,4)18-33)29-25(15-21)31-10-12-35-13-11-31/h6-7,14-16,20,33H,5,8-13,17-18H2,1-4H3,(H,28,34)(H,29,30)/t20-/m1/s1. The van der Waals surface area contributed by atoms with E-state index in [1.807, 2.05) is 43.0 Å². The maximum atomic E-state index is 12.9. The minimum absolute atomic E-state index is 0.0122. The minimum atomic E-state index is -0.509. The van der Waals surface area contributed by atoms with Gasteiger partial charge in [-0.25, -0.2) is 9.78 Å². The summed E-state index contributed by atoms with van der Waals surface area (Å²) >= 11 is 0. The predicted molar refractivity (Wildman–Crippen MR) is 141 cm³/mol. The molecule has 4 rings (SSSR count). The van der Waals surface area contributed by atoms with Gasteiger partial charge in [0.1, 0.15) is 11.6 Å². The Balaban J connectivity index is 1.63. The first-order valence-electron chi connectivity index (χ1n) is 12.7. The van der Waals surface area contributed by atoms with Crippen molar-refractivity contribution < 1.29 is 14.6 Å². The number of nitrogens with zero attached hydrogens (tertiary/aromatic N) is 3. The number of hydrogen-bond donors (Lipinski definition) is 3. The van der Waals surface area contributed by atoms with E-state index >= 15 is 0 Å². The maximum absolute atomic E-state index is 12.9. The molecule has 1 aromatic heterocycles. The van der Waals surface area contributed by atoms with Gasteiger partial charge in [0, 0.05) is 31.9 Å². The number of rotatable bonds is 7. The van der Waals surface area contributed by atoms with Crippen LogP contribution in [0.4, 0.5) is 22.1 Å². The van der Waals surface area contributed by atoms with Crippen molar-refractivity contribution in [3.63, 3.8) is 0 Å². The number of carbonyl (C=O) groups is 1. The highest BCUT2D eigenvalue weighted by molar-refractivity contribution is 5.91. The van der Waals surface area contributed by atoms with Crippen LogP contribution in [0.5, 0.6) is 0 Å². The van der Waals surface area contributed by atoms with E-state index < -0.39 is 5.54 Å². The number of nitrogens with one attached hydrogen (secondary N) is 2. The number of amides is 2. The second-order valence-corrected chi connectivity index (χ2v) is 10.3. The van der Waals surface area contributed by atoms with E-state index in [1.54, 1.807) is 0 Å². The molecule has 8 heteroatoms. The number of aromatic nitrogens is 1. The average molecular weight is 482 g/mol. The van der Waals surface area contributed by atoms with Gasteiger partial charge in [-0.1, -0.05) is 19.4 Å². The number of ether oxygens (including phenoxy) is 1. The van der Waals surface area contributed by atoms with Gasteiger partial charge in [0.25, 0.3) is 0 Å². The Labute approximate surface area is 208 Å². The molecule has 8 nitrogen and oxygen atoms in total. The van der Waals surface area contributed by atoms with Gasteiger partial charge in [-0.2, -0.15) is 0 Å². The summed E-state index contributed by atoms with van der Waals surface area (Å²) in [5.41, 5.74) is 3.44. The average Bonchev–Trinajstić information content (AvgIpc) is 3.35. The number of urea groups is 1. The van der Waals surface area contributed by atoms with E-state index in [0.29, 0.717) is 24.9 Å². The first kappa shape index (κ1) is 25.3. The second-order valence-electron chi connectivity index (χ2n) is 10.3. The molecule has 1 aromatic carbocycles. The Kier molecular flexibility index (Phi) is 7.82. The Morgan fingerprint density at radius 2 is 1.97 bits per heavy atom. The van der Waals surface area contributed by atoms with Gasteiger partial charge < -0.3 is 30.3 Å². The summed E-state index contributed by atoms with van der Waals surface area (Å²) in [6.45, 7) is 12.7. The number of likely N-dealkylation sites (tertiary alicyclic amines) is 1. The zero-order valence-corrected chi connectivity index (χ0v) is 21.4. The summed E-state index contributed by atoms with van der Waals surface area (Å²) in [5, 5.41) is 16.3. The van der Waals surface area contributed by atoms with Gasteiger partial charge in [0.05, 0.1) is 25.4 Å². The number of benzene rings is 1. The van der Waals surface area contributed by atoms with Gasteiger partial charge in [0.2, 0.25) is 0 Å². The van der Waals surface area contributed by atoms with Crippen LogP contribution in [0.25, 0.3) is 11.1 Å². The number of aliphatic hydroxyl groups excluding tert-OH is 1. The van der Waals surface area contributed by atoms with Gasteiger partial charge in [-0.3, -0.25) is 0 Å². The second kappa shape index (κ2) is 10.8. The third-order valence-electron chi connectivity index (χ3n) is 6.96.